The Morgan fingerprint density at radius 2 is 2.21 bits per heavy atom. The third kappa shape index (κ3) is 2.70. The Bertz CT molecular complexity index is 284. The summed E-state index contributed by atoms with van der Waals surface area (Å²) in [5.41, 5.74) is 1.27. The quantitative estimate of drug-likeness (QED) is 0.788. The number of rotatable bonds is 4. The van der Waals surface area contributed by atoms with Crippen LogP contribution < -0.4 is 10.2 Å². The summed E-state index contributed by atoms with van der Waals surface area (Å²) in [6.07, 6.45) is 1.86. The van der Waals surface area contributed by atoms with Crippen LogP contribution in [0.4, 0.5) is 5.82 Å². The molecule has 0 aliphatic carbocycles. The van der Waals surface area contributed by atoms with Gasteiger partial charge in [0.2, 0.25) is 0 Å². The van der Waals surface area contributed by atoms with Gasteiger partial charge in [0.1, 0.15) is 5.82 Å². The highest BCUT2D eigenvalue weighted by Gasteiger charge is 2.05. The molecular formula is C11H19N3. The Balaban J connectivity index is 2.82. The average molecular weight is 193 g/mol. The minimum atomic E-state index is 0.479. The Morgan fingerprint density at radius 3 is 2.79 bits per heavy atom. The monoisotopic (exact) mass is 193 g/mol. The predicted octanol–water partition coefficient (Wildman–Crippen LogP) is 1.65. The van der Waals surface area contributed by atoms with Crippen LogP contribution in [0.3, 0.4) is 0 Å². The van der Waals surface area contributed by atoms with Gasteiger partial charge in [0.05, 0.1) is 0 Å². The van der Waals surface area contributed by atoms with Crippen molar-refractivity contribution < 1.29 is 0 Å². The maximum atomic E-state index is 4.34. The third-order valence-electron chi connectivity index (χ3n) is 2.33. The predicted molar refractivity (Wildman–Crippen MR) is 60.5 cm³/mol. The van der Waals surface area contributed by atoms with Crippen LogP contribution in [-0.4, -0.2) is 25.1 Å². The summed E-state index contributed by atoms with van der Waals surface area (Å²) >= 11 is 0. The molecule has 0 saturated carbocycles. The molecule has 78 valence electrons. The summed E-state index contributed by atoms with van der Waals surface area (Å²) in [6.45, 7) is 5.21. The molecule has 0 saturated heterocycles. The van der Waals surface area contributed by atoms with Crippen LogP contribution in [0.1, 0.15) is 19.4 Å². The molecule has 14 heavy (non-hydrogen) atoms. The third-order valence-corrected chi connectivity index (χ3v) is 2.33. The molecule has 0 radical (unpaired) electrons. The molecule has 0 amide bonds. The molecule has 0 bridgehead atoms. The van der Waals surface area contributed by atoms with Crippen molar-refractivity contribution in [2.45, 2.75) is 26.4 Å². The van der Waals surface area contributed by atoms with Crippen LogP contribution in [-0.2, 0) is 6.54 Å². The Labute approximate surface area is 86.2 Å². The van der Waals surface area contributed by atoms with Gasteiger partial charge in [-0.3, -0.25) is 0 Å². The Morgan fingerprint density at radius 1 is 1.50 bits per heavy atom. The van der Waals surface area contributed by atoms with Crippen molar-refractivity contribution in [3.8, 4) is 0 Å². The summed E-state index contributed by atoms with van der Waals surface area (Å²) in [5, 5.41) is 3.13. The van der Waals surface area contributed by atoms with Crippen LogP contribution in [0.25, 0.3) is 0 Å². The number of anilines is 1. The smallest absolute Gasteiger partial charge is 0.128 e. The maximum Gasteiger partial charge on any atom is 0.128 e. The van der Waals surface area contributed by atoms with Crippen molar-refractivity contribution in [2.75, 3.05) is 19.0 Å². The molecule has 0 atom stereocenters. The van der Waals surface area contributed by atoms with E-state index in [0.29, 0.717) is 6.04 Å². The molecule has 1 aromatic rings. The standard InChI is InChI=1S/C11H19N3/c1-9(2)14(4)11-7-10(8-12-3)5-6-13-11/h5-7,9,12H,8H2,1-4H3. The van der Waals surface area contributed by atoms with E-state index in [2.05, 4.69) is 42.2 Å². The van der Waals surface area contributed by atoms with Crippen LogP contribution in [0.15, 0.2) is 18.3 Å². The number of aromatic nitrogens is 1. The zero-order valence-electron chi connectivity index (χ0n) is 9.41. The van der Waals surface area contributed by atoms with E-state index in [1.165, 1.54) is 5.56 Å². The van der Waals surface area contributed by atoms with E-state index in [-0.39, 0.29) is 0 Å². The molecule has 1 aromatic heterocycles. The van der Waals surface area contributed by atoms with E-state index < -0.39 is 0 Å². The summed E-state index contributed by atoms with van der Waals surface area (Å²) < 4.78 is 0. The summed E-state index contributed by atoms with van der Waals surface area (Å²) in [4.78, 5) is 6.51. The topological polar surface area (TPSA) is 28.2 Å². The second kappa shape index (κ2) is 4.96. The number of nitrogens with zero attached hydrogens (tertiary/aromatic N) is 2. The largest absolute Gasteiger partial charge is 0.357 e. The normalized spacial score (nSPS) is 10.6. The van der Waals surface area contributed by atoms with Gasteiger partial charge >= 0.3 is 0 Å². The fourth-order valence-corrected chi connectivity index (χ4v) is 1.23. The zero-order valence-corrected chi connectivity index (χ0v) is 9.41. The van der Waals surface area contributed by atoms with Gasteiger partial charge in [0, 0.05) is 25.8 Å². The average Bonchev–Trinajstić information content (AvgIpc) is 2.17. The van der Waals surface area contributed by atoms with E-state index in [1.807, 2.05) is 19.3 Å². The molecule has 0 aliphatic heterocycles. The minimum Gasteiger partial charge on any atom is -0.357 e. The van der Waals surface area contributed by atoms with Gasteiger partial charge in [0.15, 0.2) is 0 Å². The van der Waals surface area contributed by atoms with Crippen LogP contribution >= 0.6 is 0 Å². The number of pyridine rings is 1. The highest BCUT2D eigenvalue weighted by Crippen LogP contribution is 2.13. The van der Waals surface area contributed by atoms with Crippen molar-refractivity contribution in [1.29, 1.82) is 0 Å². The first-order valence-corrected chi connectivity index (χ1v) is 4.97. The van der Waals surface area contributed by atoms with Gasteiger partial charge in [-0.2, -0.15) is 0 Å². The minimum absolute atomic E-state index is 0.479. The highest BCUT2D eigenvalue weighted by atomic mass is 15.2. The lowest BCUT2D eigenvalue weighted by atomic mass is 10.2. The van der Waals surface area contributed by atoms with Gasteiger partial charge in [0.25, 0.3) is 0 Å². The first-order valence-electron chi connectivity index (χ1n) is 4.97. The fraction of sp³-hybridized carbons (Fsp3) is 0.545. The van der Waals surface area contributed by atoms with Gasteiger partial charge in [-0.1, -0.05) is 0 Å². The lowest BCUT2D eigenvalue weighted by Gasteiger charge is -2.22. The van der Waals surface area contributed by atoms with Crippen molar-refractivity contribution in [2.24, 2.45) is 0 Å². The van der Waals surface area contributed by atoms with Crippen LogP contribution in [0.5, 0.6) is 0 Å². The summed E-state index contributed by atoms with van der Waals surface area (Å²) in [5.74, 6) is 1.03. The zero-order chi connectivity index (χ0) is 10.6. The van der Waals surface area contributed by atoms with E-state index in [4.69, 9.17) is 0 Å². The molecule has 1 heterocycles. The first kappa shape index (κ1) is 11.0. The molecule has 1 rings (SSSR count). The second-order valence-electron chi connectivity index (χ2n) is 3.76. The highest BCUT2D eigenvalue weighted by molar-refractivity contribution is 5.40. The SMILES string of the molecule is CNCc1ccnc(N(C)C(C)C)c1. The van der Waals surface area contributed by atoms with E-state index >= 15 is 0 Å². The van der Waals surface area contributed by atoms with Gasteiger partial charge < -0.3 is 10.2 Å². The van der Waals surface area contributed by atoms with Gasteiger partial charge in [-0.25, -0.2) is 4.98 Å². The molecule has 0 unspecified atom stereocenters. The number of hydrogen-bond acceptors (Lipinski definition) is 3. The van der Waals surface area contributed by atoms with Crippen LogP contribution in [0.2, 0.25) is 0 Å². The maximum absolute atomic E-state index is 4.34. The molecule has 3 heteroatoms. The Hall–Kier alpha value is -1.09. The first-order chi connectivity index (χ1) is 6.65. The van der Waals surface area contributed by atoms with Crippen LogP contribution in [0, 0.1) is 0 Å². The van der Waals surface area contributed by atoms with Gasteiger partial charge in [-0.15, -0.1) is 0 Å². The number of nitrogens with one attached hydrogen (secondary N) is 1. The van der Waals surface area contributed by atoms with Crippen molar-refractivity contribution in [3.05, 3.63) is 23.9 Å². The van der Waals surface area contributed by atoms with E-state index in [1.54, 1.807) is 0 Å². The molecule has 1 N–H and O–H groups in total. The van der Waals surface area contributed by atoms with E-state index in [9.17, 15) is 0 Å². The molecule has 3 nitrogen and oxygen atoms in total. The Kier molecular flexibility index (Phi) is 3.89. The summed E-state index contributed by atoms with van der Waals surface area (Å²) in [6, 6.07) is 4.64. The molecule has 0 aromatic carbocycles. The number of hydrogen-bond donors (Lipinski definition) is 1. The van der Waals surface area contributed by atoms with Crippen molar-refractivity contribution >= 4 is 5.82 Å². The van der Waals surface area contributed by atoms with Gasteiger partial charge in [-0.05, 0) is 38.6 Å². The van der Waals surface area contributed by atoms with Crippen molar-refractivity contribution in [3.63, 3.8) is 0 Å². The molecule has 0 aliphatic rings. The van der Waals surface area contributed by atoms with Crippen molar-refractivity contribution in [1.82, 2.24) is 10.3 Å². The lowest BCUT2D eigenvalue weighted by Crippen LogP contribution is -2.26. The fourth-order valence-electron chi connectivity index (χ4n) is 1.23. The molecule has 0 spiro atoms. The molecule has 0 fully saturated rings. The summed E-state index contributed by atoms with van der Waals surface area (Å²) in [7, 11) is 4.02. The molecular weight excluding hydrogens is 174 g/mol. The van der Waals surface area contributed by atoms with E-state index in [0.717, 1.165) is 12.4 Å². The second-order valence-corrected chi connectivity index (χ2v) is 3.76. The lowest BCUT2D eigenvalue weighted by molar-refractivity contribution is 0.739.